The highest BCUT2D eigenvalue weighted by molar-refractivity contribution is 8.00. The van der Waals surface area contributed by atoms with Crippen LogP contribution in [-0.2, 0) is 16.0 Å². The Balaban J connectivity index is 1.56. The van der Waals surface area contributed by atoms with Crippen molar-refractivity contribution in [3.05, 3.63) is 35.6 Å². The van der Waals surface area contributed by atoms with Crippen molar-refractivity contribution < 1.29 is 14.0 Å². The molecule has 1 aromatic carbocycles. The summed E-state index contributed by atoms with van der Waals surface area (Å²) in [5.41, 5.74) is 6.19. The van der Waals surface area contributed by atoms with Crippen LogP contribution in [-0.4, -0.2) is 53.4 Å². The monoisotopic (exact) mass is 351 g/mol. The Morgan fingerprint density at radius 2 is 2.21 bits per heavy atom. The maximum absolute atomic E-state index is 13.7. The Morgan fingerprint density at radius 3 is 2.88 bits per heavy atom. The first-order valence-corrected chi connectivity index (χ1v) is 9.27. The number of nitrogens with one attached hydrogen (secondary N) is 1. The molecule has 0 spiro atoms. The molecule has 0 aliphatic carbocycles. The third kappa shape index (κ3) is 3.72. The molecule has 0 bridgehead atoms. The van der Waals surface area contributed by atoms with Crippen LogP contribution in [0.25, 0.3) is 0 Å². The third-order valence-electron chi connectivity index (χ3n) is 4.67. The van der Waals surface area contributed by atoms with Crippen molar-refractivity contribution in [3.63, 3.8) is 0 Å². The van der Waals surface area contributed by atoms with Crippen molar-refractivity contribution in [3.8, 4) is 0 Å². The van der Waals surface area contributed by atoms with Gasteiger partial charge in [-0.05, 0) is 36.9 Å². The zero-order valence-electron chi connectivity index (χ0n) is 13.4. The molecule has 2 amide bonds. The largest absolute Gasteiger partial charge is 0.343 e. The van der Waals surface area contributed by atoms with Gasteiger partial charge in [-0.15, -0.1) is 11.8 Å². The predicted molar refractivity (Wildman–Crippen MR) is 92.0 cm³/mol. The van der Waals surface area contributed by atoms with E-state index in [0.717, 1.165) is 6.42 Å². The summed E-state index contributed by atoms with van der Waals surface area (Å²) in [6.07, 6.45) is 1.26. The van der Waals surface area contributed by atoms with Gasteiger partial charge in [-0.1, -0.05) is 18.2 Å². The normalized spacial score (nSPS) is 27.2. The SMILES string of the molecule is NCC1CCN(C(=O)C2CSC(Cc3ccccc3F)C(=O)N2)C1. The van der Waals surface area contributed by atoms with Crippen molar-refractivity contribution in [2.45, 2.75) is 24.1 Å². The number of carbonyl (C=O) groups is 2. The van der Waals surface area contributed by atoms with E-state index in [9.17, 15) is 14.0 Å². The highest BCUT2D eigenvalue weighted by atomic mass is 32.2. The molecule has 2 fully saturated rings. The summed E-state index contributed by atoms with van der Waals surface area (Å²) >= 11 is 1.43. The fourth-order valence-electron chi connectivity index (χ4n) is 3.19. The number of hydrogen-bond donors (Lipinski definition) is 2. The minimum absolute atomic E-state index is 0.0314. The summed E-state index contributed by atoms with van der Waals surface area (Å²) in [5.74, 6) is 0.357. The van der Waals surface area contributed by atoms with Crippen LogP contribution in [0, 0.1) is 11.7 Å². The number of halogens is 1. The molecule has 5 nitrogen and oxygen atoms in total. The summed E-state index contributed by atoms with van der Waals surface area (Å²) in [7, 11) is 0. The molecule has 0 aromatic heterocycles. The van der Waals surface area contributed by atoms with Gasteiger partial charge in [0.25, 0.3) is 0 Å². The third-order valence-corrected chi connectivity index (χ3v) is 5.97. The van der Waals surface area contributed by atoms with E-state index in [1.54, 1.807) is 23.1 Å². The van der Waals surface area contributed by atoms with Crippen LogP contribution in [0.5, 0.6) is 0 Å². The van der Waals surface area contributed by atoms with Gasteiger partial charge in [0.1, 0.15) is 11.9 Å². The second-order valence-electron chi connectivity index (χ2n) is 6.35. The molecule has 7 heteroatoms. The Morgan fingerprint density at radius 1 is 1.42 bits per heavy atom. The molecule has 0 saturated carbocycles. The number of hydrogen-bond acceptors (Lipinski definition) is 4. The van der Waals surface area contributed by atoms with Crippen LogP contribution in [0.3, 0.4) is 0 Å². The maximum atomic E-state index is 13.7. The van der Waals surface area contributed by atoms with Gasteiger partial charge in [0.15, 0.2) is 0 Å². The Labute approximate surface area is 145 Å². The van der Waals surface area contributed by atoms with Crippen LogP contribution in [0.1, 0.15) is 12.0 Å². The first-order chi connectivity index (χ1) is 11.6. The average Bonchev–Trinajstić information content (AvgIpc) is 3.07. The average molecular weight is 351 g/mol. The quantitative estimate of drug-likeness (QED) is 0.840. The molecule has 130 valence electrons. The van der Waals surface area contributed by atoms with Gasteiger partial charge >= 0.3 is 0 Å². The number of likely N-dealkylation sites (tertiary alicyclic amines) is 1. The van der Waals surface area contributed by atoms with Gasteiger partial charge in [0, 0.05) is 18.8 Å². The molecule has 2 aliphatic rings. The Kier molecular flexibility index (Phi) is 5.40. The second kappa shape index (κ2) is 7.53. The second-order valence-corrected chi connectivity index (χ2v) is 7.59. The summed E-state index contributed by atoms with van der Waals surface area (Å²) in [6.45, 7) is 1.96. The first-order valence-electron chi connectivity index (χ1n) is 8.22. The molecule has 3 N–H and O–H groups in total. The summed E-state index contributed by atoms with van der Waals surface area (Å²) in [5, 5.41) is 2.45. The van der Waals surface area contributed by atoms with E-state index in [-0.39, 0.29) is 22.9 Å². The number of carbonyl (C=O) groups excluding carboxylic acids is 2. The van der Waals surface area contributed by atoms with Gasteiger partial charge < -0.3 is 16.0 Å². The van der Waals surface area contributed by atoms with Crippen molar-refractivity contribution >= 4 is 23.6 Å². The van der Waals surface area contributed by atoms with Crippen molar-refractivity contribution in [1.82, 2.24) is 10.2 Å². The molecule has 24 heavy (non-hydrogen) atoms. The van der Waals surface area contributed by atoms with E-state index in [1.165, 1.54) is 17.8 Å². The van der Waals surface area contributed by atoms with E-state index in [0.29, 0.717) is 43.3 Å². The zero-order valence-corrected chi connectivity index (χ0v) is 14.2. The molecular weight excluding hydrogens is 329 g/mol. The highest BCUT2D eigenvalue weighted by Crippen LogP contribution is 2.25. The number of thioether (sulfide) groups is 1. The minimum atomic E-state index is -0.490. The fraction of sp³-hybridized carbons (Fsp3) is 0.529. The Bertz CT molecular complexity index is 628. The number of benzene rings is 1. The number of amides is 2. The topological polar surface area (TPSA) is 75.4 Å². The lowest BCUT2D eigenvalue weighted by atomic mass is 10.1. The Hall–Kier alpha value is -1.60. The van der Waals surface area contributed by atoms with Gasteiger partial charge in [-0.2, -0.15) is 0 Å². The van der Waals surface area contributed by atoms with E-state index in [2.05, 4.69) is 5.32 Å². The van der Waals surface area contributed by atoms with Gasteiger partial charge in [0.2, 0.25) is 11.8 Å². The smallest absolute Gasteiger partial charge is 0.246 e. The molecule has 2 saturated heterocycles. The lowest BCUT2D eigenvalue weighted by Crippen LogP contribution is -2.55. The lowest BCUT2D eigenvalue weighted by Gasteiger charge is -2.30. The molecule has 2 heterocycles. The van der Waals surface area contributed by atoms with E-state index >= 15 is 0 Å². The van der Waals surface area contributed by atoms with E-state index < -0.39 is 6.04 Å². The van der Waals surface area contributed by atoms with Crippen LogP contribution in [0.2, 0.25) is 0 Å². The highest BCUT2D eigenvalue weighted by Gasteiger charge is 2.36. The summed E-state index contributed by atoms with van der Waals surface area (Å²) in [6, 6.07) is 5.99. The van der Waals surface area contributed by atoms with E-state index in [1.807, 2.05) is 0 Å². The van der Waals surface area contributed by atoms with Gasteiger partial charge in [-0.25, -0.2) is 4.39 Å². The summed E-state index contributed by atoms with van der Waals surface area (Å²) < 4.78 is 13.7. The van der Waals surface area contributed by atoms with Crippen LogP contribution in [0.4, 0.5) is 4.39 Å². The van der Waals surface area contributed by atoms with Gasteiger partial charge in [0.05, 0.1) is 5.25 Å². The van der Waals surface area contributed by atoms with E-state index in [4.69, 9.17) is 5.73 Å². The lowest BCUT2D eigenvalue weighted by molar-refractivity contribution is -0.135. The predicted octanol–water partition coefficient (Wildman–Crippen LogP) is 0.776. The van der Waals surface area contributed by atoms with Crippen LogP contribution >= 0.6 is 11.8 Å². The molecular formula is C17H22FN3O2S. The molecule has 3 rings (SSSR count). The summed E-state index contributed by atoms with van der Waals surface area (Å²) in [4.78, 5) is 26.6. The molecule has 3 unspecified atom stereocenters. The maximum Gasteiger partial charge on any atom is 0.246 e. The first kappa shape index (κ1) is 17.2. The minimum Gasteiger partial charge on any atom is -0.343 e. The number of rotatable bonds is 4. The van der Waals surface area contributed by atoms with Gasteiger partial charge in [-0.3, -0.25) is 9.59 Å². The van der Waals surface area contributed by atoms with Crippen LogP contribution in [0.15, 0.2) is 24.3 Å². The fourth-order valence-corrected chi connectivity index (χ4v) is 4.36. The van der Waals surface area contributed by atoms with Crippen molar-refractivity contribution in [2.24, 2.45) is 11.7 Å². The number of nitrogens with zero attached hydrogens (tertiary/aromatic N) is 1. The standard InChI is InChI=1S/C17H22FN3O2S/c18-13-4-2-1-3-12(13)7-15-16(22)20-14(10-24-15)17(23)21-6-5-11(8-19)9-21/h1-4,11,14-15H,5-10,19H2,(H,20,22). The zero-order chi connectivity index (χ0) is 17.1. The van der Waals surface area contributed by atoms with Crippen molar-refractivity contribution in [2.75, 3.05) is 25.4 Å². The molecule has 1 aromatic rings. The molecule has 2 aliphatic heterocycles. The molecule has 0 radical (unpaired) electrons. The van der Waals surface area contributed by atoms with Crippen LogP contribution < -0.4 is 11.1 Å². The van der Waals surface area contributed by atoms with Crippen molar-refractivity contribution in [1.29, 1.82) is 0 Å². The molecule has 3 atom stereocenters. The number of nitrogens with two attached hydrogens (primary N) is 1.